The largest absolute Gasteiger partial charge is 0.598 e. The Morgan fingerprint density at radius 2 is 1.54 bits per heavy atom. The molecule has 2 heterocycles. The second kappa shape index (κ2) is 12.0. The first-order chi connectivity index (χ1) is 18.9. The molecule has 0 aliphatic carbocycles. The molecule has 3 aromatic carbocycles. The summed E-state index contributed by atoms with van der Waals surface area (Å²) in [6.45, 7) is 3.44. The molecule has 0 bridgehead atoms. The number of rotatable bonds is 8. The van der Waals surface area contributed by atoms with E-state index in [2.05, 4.69) is 5.10 Å². The standard InChI is InChI=1S/C29H28F2N4O3S/c1-21(27-24(30)13-8-14-25(27)31)38-28-26(19-32-35(29(28)36)23-11-6-3-7-12-23)33-15-17-34(18-16-33)39(37)20-22-9-4-2-5-10-22/h2-14,19,21H,15-18,20H2,1H3. The molecule has 5 rings (SSSR count). The SMILES string of the molecule is CC(Oc1c(N2CCN([S+]([O-])Cc3ccccc3)CC2)cnn(-c2ccccc2)c1=O)c1c(F)cccc1F. The van der Waals surface area contributed by atoms with Crippen LogP contribution in [-0.4, -0.2) is 44.8 Å². The lowest BCUT2D eigenvalue weighted by atomic mass is 10.1. The van der Waals surface area contributed by atoms with Gasteiger partial charge in [0, 0.05) is 30.0 Å². The molecule has 10 heteroatoms. The van der Waals surface area contributed by atoms with Crippen molar-refractivity contribution in [2.75, 3.05) is 31.1 Å². The number of hydrogen-bond acceptors (Lipinski definition) is 6. The van der Waals surface area contributed by atoms with Gasteiger partial charge in [0.05, 0.1) is 30.5 Å². The zero-order valence-electron chi connectivity index (χ0n) is 21.4. The first kappa shape index (κ1) is 26.9. The lowest BCUT2D eigenvalue weighted by Gasteiger charge is -2.36. The molecular weight excluding hydrogens is 522 g/mol. The molecule has 1 saturated heterocycles. The highest BCUT2D eigenvalue weighted by molar-refractivity contribution is 7.88. The van der Waals surface area contributed by atoms with Crippen LogP contribution in [0.5, 0.6) is 5.75 Å². The molecule has 202 valence electrons. The number of hydrogen-bond donors (Lipinski definition) is 0. The average molecular weight is 551 g/mol. The summed E-state index contributed by atoms with van der Waals surface area (Å²) in [6.07, 6.45) is 0.453. The molecule has 0 radical (unpaired) electrons. The van der Waals surface area contributed by atoms with Crippen LogP contribution in [0.1, 0.15) is 24.2 Å². The van der Waals surface area contributed by atoms with Crippen LogP contribution < -0.4 is 15.2 Å². The average Bonchev–Trinajstić information content (AvgIpc) is 2.95. The minimum absolute atomic E-state index is 0.0529. The fourth-order valence-electron chi connectivity index (χ4n) is 4.59. The van der Waals surface area contributed by atoms with Crippen molar-refractivity contribution in [3.63, 3.8) is 0 Å². The van der Waals surface area contributed by atoms with Gasteiger partial charge in [-0.05, 0) is 31.2 Å². The predicted molar refractivity (Wildman–Crippen MR) is 147 cm³/mol. The second-order valence-corrected chi connectivity index (χ2v) is 10.6. The van der Waals surface area contributed by atoms with Crippen LogP contribution in [0.2, 0.25) is 0 Å². The molecule has 2 atom stereocenters. The molecule has 1 aliphatic heterocycles. The Bertz CT molecular complexity index is 1440. The van der Waals surface area contributed by atoms with Crippen molar-refractivity contribution < 1.29 is 18.1 Å². The van der Waals surface area contributed by atoms with Crippen LogP contribution in [0, 0.1) is 11.6 Å². The zero-order valence-corrected chi connectivity index (χ0v) is 22.2. The molecule has 7 nitrogen and oxygen atoms in total. The summed E-state index contributed by atoms with van der Waals surface area (Å²) in [5.41, 5.74) is 1.15. The summed E-state index contributed by atoms with van der Waals surface area (Å²) in [5, 5.41) is 4.37. The van der Waals surface area contributed by atoms with Crippen molar-refractivity contribution in [3.8, 4) is 11.4 Å². The minimum atomic E-state index is -1.20. The highest BCUT2D eigenvalue weighted by atomic mass is 32.2. The Morgan fingerprint density at radius 1 is 0.923 bits per heavy atom. The van der Waals surface area contributed by atoms with Crippen molar-refractivity contribution in [1.82, 2.24) is 14.1 Å². The van der Waals surface area contributed by atoms with Gasteiger partial charge in [-0.25, -0.2) is 8.78 Å². The van der Waals surface area contributed by atoms with Gasteiger partial charge in [0.1, 0.15) is 23.4 Å². The molecular formula is C29H28F2N4O3S. The van der Waals surface area contributed by atoms with Gasteiger partial charge >= 0.3 is 5.56 Å². The van der Waals surface area contributed by atoms with E-state index in [1.165, 1.54) is 23.9 Å². The Hall–Kier alpha value is -3.73. The van der Waals surface area contributed by atoms with E-state index in [0.29, 0.717) is 43.3 Å². The first-order valence-corrected chi connectivity index (χ1v) is 13.9. The van der Waals surface area contributed by atoms with E-state index in [-0.39, 0.29) is 11.3 Å². The third kappa shape index (κ3) is 5.98. The van der Waals surface area contributed by atoms with Crippen molar-refractivity contribution >= 4 is 17.0 Å². The predicted octanol–water partition coefficient (Wildman–Crippen LogP) is 4.64. The summed E-state index contributed by atoms with van der Waals surface area (Å²) in [6, 6.07) is 22.1. The van der Waals surface area contributed by atoms with Crippen LogP contribution in [-0.2, 0) is 17.1 Å². The van der Waals surface area contributed by atoms with Crippen molar-refractivity contribution in [3.05, 3.63) is 118 Å². The third-order valence-corrected chi connectivity index (χ3v) is 8.14. The Kier molecular flexibility index (Phi) is 8.25. The van der Waals surface area contributed by atoms with Crippen LogP contribution in [0.3, 0.4) is 0 Å². The van der Waals surface area contributed by atoms with Gasteiger partial charge in [-0.2, -0.15) is 9.78 Å². The molecule has 0 amide bonds. The molecule has 39 heavy (non-hydrogen) atoms. The van der Waals surface area contributed by atoms with E-state index in [1.54, 1.807) is 24.3 Å². The van der Waals surface area contributed by atoms with E-state index in [0.717, 1.165) is 17.7 Å². The van der Waals surface area contributed by atoms with Crippen LogP contribution in [0.15, 0.2) is 89.9 Å². The zero-order chi connectivity index (χ0) is 27.4. The molecule has 4 aromatic rings. The lowest BCUT2D eigenvalue weighted by molar-refractivity contribution is 0.211. The molecule has 0 spiro atoms. The number of aromatic nitrogens is 2. The smallest absolute Gasteiger partial charge is 0.316 e. The van der Waals surface area contributed by atoms with E-state index in [9.17, 15) is 18.1 Å². The maximum atomic E-state index is 14.5. The number of anilines is 1. The molecule has 2 unspecified atom stereocenters. The van der Waals surface area contributed by atoms with E-state index in [1.807, 2.05) is 45.6 Å². The maximum absolute atomic E-state index is 14.5. The highest BCUT2D eigenvalue weighted by Crippen LogP contribution is 2.31. The molecule has 0 N–H and O–H groups in total. The molecule has 1 aromatic heterocycles. The number of halogens is 2. The van der Waals surface area contributed by atoms with Gasteiger partial charge in [0.25, 0.3) is 0 Å². The summed E-state index contributed by atoms with van der Waals surface area (Å²) in [5.74, 6) is -1.13. The number of para-hydroxylation sites is 1. The van der Waals surface area contributed by atoms with Crippen molar-refractivity contribution in [1.29, 1.82) is 0 Å². The molecule has 1 fully saturated rings. The number of nitrogens with zero attached hydrogens (tertiary/aromatic N) is 4. The van der Waals surface area contributed by atoms with Crippen LogP contribution in [0.25, 0.3) is 5.69 Å². The quantitative estimate of drug-likeness (QED) is 0.298. The molecule has 0 saturated carbocycles. The Balaban J connectivity index is 1.41. The minimum Gasteiger partial charge on any atom is -0.598 e. The van der Waals surface area contributed by atoms with Crippen LogP contribution in [0.4, 0.5) is 14.5 Å². The summed E-state index contributed by atoms with van der Waals surface area (Å²) >= 11 is -1.20. The fraction of sp³-hybridized carbons (Fsp3) is 0.241. The third-order valence-electron chi connectivity index (χ3n) is 6.62. The van der Waals surface area contributed by atoms with Gasteiger partial charge in [0.15, 0.2) is 5.75 Å². The van der Waals surface area contributed by atoms with Gasteiger partial charge in [-0.1, -0.05) is 54.6 Å². The van der Waals surface area contributed by atoms with Crippen molar-refractivity contribution in [2.24, 2.45) is 0 Å². The van der Waals surface area contributed by atoms with Crippen LogP contribution >= 0.6 is 0 Å². The normalized spacial score (nSPS) is 15.6. The Labute approximate surface area is 228 Å². The second-order valence-electron chi connectivity index (χ2n) is 9.17. The monoisotopic (exact) mass is 550 g/mol. The van der Waals surface area contributed by atoms with Gasteiger partial charge in [-0.15, -0.1) is 4.31 Å². The first-order valence-electron chi connectivity index (χ1n) is 12.6. The number of benzene rings is 3. The fourth-order valence-corrected chi connectivity index (χ4v) is 5.82. The summed E-state index contributed by atoms with van der Waals surface area (Å²) < 4.78 is 51.1. The van der Waals surface area contributed by atoms with Gasteiger partial charge in [0.2, 0.25) is 5.75 Å². The van der Waals surface area contributed by atoms with E-state index >= 15 is 0 Å². The lowest BCUT2D eigenvalue weighted by Crippen LogP contribution is -2.49. The van der Waals surface area contributed by atoms with Gasteiger partial charge < -0.3 is 14.2 Å². The number of ether oxygens (including phenoxy) is 1. The van der Waals surface area contributed by atoms with E-state index in [4.69, 9.17) is 4.74 Å². The van der Waals surface area contributed by atoms with E-state index < -0.39 is 34.7 Å². The van der Waals surface area contributed by atoms with Crippen molar-refractivity contribution in [2.45, 2.75) is 18.8 Å². The topological polar surface area (TPSA) is 73.7 Å². The maximum Gasteiger partial charge on any atom is 0.316 e. The Morgan fingerprint density at radius 3 is 2.18 bits per heavy atom. The summed E-state index contributed by atoms with van der Waals surface area (Å²) in [7, 11) is 0. The highest BCUT2D eigenvalue weighted by Gasteiger charge is 2.30. The summed E-state index contributed by atoms with van der Waals surface area (Å²) in [4.78, 5) is 15.6. The van der Waals surface area contributed by atoms with Gasteiger partial charge in [-0.3, -0.25) is 4.79 Å². The molecule has 1 aliphatic rings. The number of piperazine rings is 1.